The van der Waals surface area contributed by atoms with Crippen LogP contribution in [0.4, 0.5) is 4.39 Å². The highest BCUT2D eigenvalue weighted by Gasteiger charge is 2.55. The number of carbonyl (C=O) groups is 1. The summed E-state index contributed by atoms with van der Waals surface area (Å²) in [6, 6.07) is 8.46. The number of carbonyl (C=O) groups excluding carboxylic acids is 1. The lowest BCUT2D eigenvalue weighted by Gasteiger charge is -2.49. The molecule has 2 saturated heterocycles. The van der Waals surface area contributed by atoms with Gasteiger partial charge in [-0.1, -0.05) is 6.07 Å². The Bertz CT molecular complexity index is 1030. The van der Waals surface area contributed by atoms with Gasteiger partial charge in [0.1, 0.15) is 16.9 Å². The smallest absolute Gasteiger partial charge is 0.272 e. The fourth-order valence-corrected chi connectivity index (χ4v) is 4.02. The van der Waals surface area contributed by atoms with Crippen LogP contribution in [0.3, 0.4) is 0 Å². The van der Waals surface area contributed by atoms with Gasteiger partial charge in [-0.2, -0.15) is 0 Å². The summed E-state index contributed by atoms with van der Waals surface area (Å²) in [5.74, 6) is -0.466. The first-order chi connectivity index (χ1) is 13.7. The molecule has 0 radical (unpaired) electrons. The second-order valence-electron chi connectivity index (χ2n) is 7.23. The standard InChI is InChI=1S/C20H19FN4O3/c21-15-4-3-7-22-18(15)27-11-14-6-9-28-20(14)12-24(13-20)19(26)16-10-23-17-5-1-2-8-25(16)17/h1-5,7-8,10,14H,6,9,11-13H2. The minimum Gasteiger partial charge on any atom is -0.475 e. The number of hydrogen-bond donors (Lipinski definition) is 0. The highest BCUT2D eigenvalue weighted by Crippen LogP contribution is 2.40. The third-order valence-corrected chi connectivity index (χ3v) is 5.59. The lowest BCUT2D eigenvalue weighted by molar-refractivity contribution is -0.122. The molecule has 5 heterocycles. The van der Waals surface area contributed by atoms with E-state index in [2.05, 4.69) is 9.97 Å². The maximum Gasteiger partial charge on any atom is 0.272 e. The Labute approximate surface area is 160 Å². The van der Waals surface area contributed by atoms with E-state index < -0.39 is 11.4 Å². The first-order valence-corrected chi connectivity index (χ1v) is 9.25. The number of hydrogen-bond acceptors (Lipinski definition) is 5. The minimum atomic E-state index is -0.478. The maximum atomic E-state index is 13.7. The summed E-state index contributed by atoms with van der Waals surface area (Å²) >= 11 is 0. The average molecular weight is 382 g/mol. The van der Waals surface area contributed by atoms with E-state index in [9.17, 15) is 9.18 Å². The number of likely N-dealkylation sites (tertiary alicyclic amines) is 1. The van der Waals surface area contributed by atoms with Crippen LogP contribution in [-0.4, -0.2) is 57.1 Å². The maximum absolute atomic E-state index is 13.7. The first-order valence-electron chi connectivity index (χ1n) is 9.25. The van der Waals surface area contributed by atoms with Crippen molar-refractivity contribution < 1.29 is 18.7 Å². The molecular formula is C20H19FN4O3. The summed E-state index contributed by atoms with van der Waals surface area (Å²) < 4.78 is 27.1. The molecule has 28 heavy (non-hydrogen) atoms. The predicted octanol–water partition coefficient (Wildman–Crippen LogP) is 2.18. The Kier molecular flexibility index (Phi) is 4.01. The number of pyridine rings is 2. The molecule has 0 aromatic carbocycles. The van der Waals surface area contributed by atoms with Crippen LogP contribution in [0.1, 0.15) is 16.9 Å². The summed E-state index contributed by atoms with van der Waals surface area (Å²) in [6.07, 6.45) is 5.74. The van der Waals surface area contributed by atoms with Crippen LogP contribution in [0, 0.1) is 11.7 Å². The molecule has 3 aromatic rings. The molecule has 5 rings (SSSR count). The SMILES string of the molecule is O=C(c1cnc2ccccn12)N1CC2(C1)OCCC2COc1ncccc1F. The van der Waals surface area contributed by atoms with Crippen molar-refractivity contribution >= 4 is 11.6 Å². The van der Waals surface area contributed by atoms with Crippen LogP contribution in [0.5, 0.6) is 5.88 Å². The van der Waals surface area contributed by atoms with Gasteiger partial charge in [-0.3, -0.25) is 9.20 Å². The van der Waals surface area contributed by atoms with Crippen molar-refractivity contribution in [2.75, 3.05) is 26.3 Å². The number of halogens is 1. The average Bonchev–Trinajstić information content (AvgIpc) is 3.30. The molecule has 0 bridgehead atoms. The Hall–Kier alpha value is -3.00. The molecule has 1 atom stereocenters. The van der Waals surface area contributed by atoms with Crippen LogP contribution >= 0.6 is 0 Å². The Morgan fingerprint density at radius 2 is 2.18 bits per heavy atom. The van der Waals surface area contributed by atoms with Gasteiger partial charge in [-0.15, -0.1) is 0 Å². The zero-order valence-corrected chi connectivity index (χ0v) is 15.1. The van der Waals surface area contributed by atoms with Crippen LogP contribution < -0.4 is 4.74 Å². The molecule has 2 fully saturated rings. The fourth-order valence-electron chi connectivity index (χ4n) is 4.02. The van der Waals surface area contributed by atoms with Crippen LogP contribution in [-0.2, 0) is 4.74 Å². The predicted molar refractivity (Wildman–Crippen MR) is 97.6 cm³/mol. The molecule has 0 saturated carbocycles. The molecule has 0 N–H and O–H groups in total. The van der Waals surface area contributed by atoms with Crippen molar-refractivity contribution in [1.82, 2.24) is 19.3 Å². The highest BCUT2D eigenvalue weighted by atomic mass is 19.1. The topological polar surface area (TPSA) is 69.0 Å². The van der Waals surface area contributed by atoms with Crippen LogP contribution in [0.2, 0.25) is 0 Å². The van der Waals surface area contributed by atoms with Gasteiger partial charge in [0.25, 0.3) is 5.91 Å². The molecule has 3 aromatic heterocycles. The van der Waals surface area contributed by atoms with Gasteiger partial charge in [-0.25, -0.2) is 14.4 Å². The normalized spacial score (nSPS) is 20.5. The van der Waals surface area contributed by atoms with E-state index in [-0.39, 0.29) is 17.7 Å². The molecule has 0 aliphatic carbocycles. The fraction of sp³-hybridized carbons (Fsp3) is 0.350. The molecule has 144 valence electrons. The summed E-state index contributed by atoms with van der Waals surface area (Å²) in [5, 5.41) is 0. The lowest BCUT2D eigenvalue weighted by atomic mass is 9.81. The van der Waals surface area contributed by atoms with E-state index in [0.717, 1.165) is 12.1 Å². The van der Waals surface area contributed by atoms with Crippen molar-refractivity contribution in [3.63, 3.8) is 0 Å². The van der Waals surface area contributed by atoms with Crippen molar-refractivity contribution in [3.8, 4) is 5.88 Å². The zero-order chi connectivity index (χ0) is 19.1. The van der Waals surface area contributed by atoms with E-state index in [4.69, 9.17) is 9.47 Å². The molecule has 2 aliphatic heterocycles. The zero-order valence-electron chi connectivity index (χ0n) is 15.1. The van der Waals surface area contributed by atoms with E-state index >= 15 is 0 Å². The van der Waals surface area contributed by atoms with Gasteiger partial charge in [0.05, 0.1) is 25.9 Å². The number of ether oxygens (including phenoxy) is 2. The molecule has 1 amide bonds. The monoisotopic (exact) mass is 382 g/mol. The van der Waals surface area contributed by atoms with Crippen LogP contribution in [0.15, 0.2) is 48.9 Å². The number of fused-ring (bicyclic) bond motifs is 1. The van der Waals surface area contributed by atoms with Crippen molar-refractivity contribution in [2.24, 2.45) is 5.92 Å². The third kappa shape index (κ3) is 2.72. The van der Waals surface area contributed by atoms with Crippen molar-refractivity contribution in [1.29, 1.82) is 0 Å². The molecule has 2 aliphatic rings. The Morgan fingerprint density at radius 3 is 3.04 bits per heavy atom. The molecular weight excluding hydrogens is 363 g/mol. The molecule has 8 heteroatoms. The van der Waals surface area contributed by atoms with E-state index in [1.165, 1.54) is 18.3 Å². The second kappa shape index (κ2) is 6.56. The number of imidazole rings is 1. The quantitative estimate of drug-likeness (QED) is 0.692. The number of aromatic nitrogens is 3. The van der Waals surface area contributed by atoms with Gasteiger partial charge in [0.15, 0.2) is 5.82 Å². The van der Waals surface area contributed by atoms with Gasteiger partial charge >= 0.3 is 0 Å². The molecule has 7 nitrogen and oxygen atoms in total. The summed E-state index contributed by atoms with van der Waals surface area (Å²) in [7, 11) is 0. The van der Waals surface area contributed by atoms with Crippen molar-refractivity contribution in [3.05, 3.63) is 60.4 Å². The minimum absolute atomic E-state index is 0.00235. The summed E-state index contributed by atoms with van der Waals surface area (Å²) in [5.41, 5.74) is 0.843. The van der Waals surface area contributed by atoms with Crippen molar-refractivity contribution in [2.45, 2.75) is 12.0 Å². The van der Waals surface area contributed by atoms with E-state index in [0.29, 0.717) is 32.0 Å². The Morgan fingerprint density at radius 1 is 1.29 bits per heavy atom. The first kappa shape index (κ1) is 17.1. The van der Waals surface area contributed by atoms with E-state index in [1.54, 1.807) is 15.5 Å². The molecule has 1 spiro atoms. The van der Waals surface area contributed by atoms with Crippen LogP contribution in [0.25, 0.3) is 5.65 Å². The van der Waals surface area contributed by atoms with Gasteiger partial charge in [-0.05, 0) is 30.7 Å². The van der Waals surface area contributed by atoms with E-state index in [1.807, 2.05) is 24.4 Å². The second-order valence-corrected chi connectivity index (χ2v) is 7.23. The molecule has 1 unspecified atom stereocenters. The van der Waals surface area contributed by atoms with Gasteiger partial charge < -0.3 is 14.4 Å². The highest BCUT2D eigenvalue weighted by molar-refractivity contribution is 5.94. The largest absolute Gasteiger partial charge is 0.475 e. The number of rotatable bonds is 4. The van der Waals surface area contributed by atoms with Gasteiger partial charge in [0, 0.05) is 24.9 Å². The van der Waals surface area contributed by atoms with Gasteiger partial charge in [0.2, 0.25) is 5.88 Å². The Balaban J connectivity index is 1.26. The third-order valence-electron chi connectivity index (χ3n) is 5.59. The summed E-state index contributed by atoms with van der Waals surface area (Å²) in [4.78, 5) is 22.9. The number of nitrogens with zero attached hydrogens (tertiary/aromatic N) is 4. The lowest BCUT2D eigenvalue weighted by Crippen LogP contribution is -2.66. The summed E-state index contributed by atoms with van der Waals surface area (Å²) in [6.45, 7) is 1.90. The number of amides is 1.